The second-order valence-electron chi connectivity index (χ2n) is 9.35. The van der Waals surface area contributed by atoms with Crippen LogP contribution in [0.4, 0.5) is 11.6 Å². The Hall–Kier alpha value is -3.66. The number of aromatic nitrogens is 2. The van der Waals surface area contributed by atoms with Crippen molar-refractivity contribution in [3.05, 3.63) is 82.3 Å². The minimum absolute atomic E-state index is 0.140. The summed E-state index contributed by atoms with van der Waals surface area (Å²) in [5, 5.41) is 6.71. The molecule has 3 heterocycles. The van der Waals surface area contributed by atoms with Crippen molar-refractivity contribution in [2.24, 2.45) is 0 Å². The molecule has 2 aromatic heterocycles. The van der Waals surface area contributed by atoms with E-state index in [1.807, 2.05) is 54.6 Å². The van der Waals surface area contributed by atoms with E-state index in [2.05, 4.69) is 32.5 Å². The molecule has 2 N–H and O–H groups in total. The van der Waals surface area contributed by atoms with Crippen LogP contribution < -0.4 is 20.1 Å². The van der Waals surface area contributed by atoms with Crippen LogP contribution in [0, 0.1) is 0 Å². The zero-order valence-electron chi connectivity index (χ0n) is 21.8. The van der Waals surface area contributed by atoms with Crippen molar-refractivity contribution in [3.63, 3.8) is 0 Å². The molecule has 5 rings (SSSR count). The lowest BCUT2D eigenvalue weighted by Gasteiger charge is -2.29. The maximum Gasteiger partial charge on any atom is 0.261 e. The molecule has 0 bridgehead atoms. The molecular weight excluding hydrogens is 534 g/mol. The average Bonchev–Trinajstić information content (AvgIpc) is 3.45. The highest BCUT2D eigenvalue weighted by atomic mass is 35.5. The first kappa shape index (κ1) is 26.9. The first-order valence-electron chi connectivity index (χ1n) is 12.7. The number of hydrogen-bond donors (Lipinski definition) is 2. The van der Waals surface area contributed by atoms with Gasteiger partial charge in [-0.25, -0.2) is 9.97 Å². The average molecular weight is 564 g/mol. The fourth-order valence-corrected chi connectivity index (χ4v) is 5.41. The Labute approximate surface area is 237 Å². The van der Waals surface area contributed by atoms with Gasteiger partial charge in [0.05, 0.1) is 27.6 Å². The summed E-state index contributed by atoms with van der Waals surface area (Å²) in [6.45, 7) is 2.46. The van der Waals surface area contributed by atoms with Crippen molar-refractivity contribution in [1.82, 2.24) is 20.2 Å². The number of nitrogens with zero attached hydrogens (tertiary/aromatic N) is 3. The van der Waals surface area contributed by atoms with Crippen molar-refractivity contribution in [1.29, 1.82) is 0 Å². The molecule has 1 saturated heterocycles. The summed E-state index contributed by atoms with van der Waals surface area (Å²) in [7, 11) is 3.75. The number of carbonyl (C=O) groups excluding carboxylic acids is 1. The third-order valence-electron chi connectivity index (χ3n) is 6.47. The molecule has 0 radical (unpaired) electrons. The van der Waals surface area contributed by atoms with Gasteiger partial charge in [-0.15, -0.1) is 11.3 Å². The Morgan fingerprint density at radius 3 is 2.77 bits per heavy atom. The predicted molar refractivity (Wildman–Crippen MR) is 155 cm³/mol. The van der Waals surface area contributed by atoms with Crippen LogP contribution in [0.1, 0.15) is 28.1 Å². The molecule has 4 aromatic rings. The number of hydrogen-bond acceptors (Lipinski definition) is 8. The summed E-state index contributed by atoms with van der Waals surface area (Å²) >= 11 is 7.90. The number of methoxy groups -OCH3 is 1. The van der Waals surface area contributed by atoms with Crippen LogP contribution >= 0.6 is 22.9 Å². The highest BCUT2D eigenvalue weighted by Gasteiger charge is 2.19. The van der Waals surface area contributed by atoms with Gasteiger partial charge in [-0.05, 0) is 74.0 Å². The summed E-state index contributed by atoms with van der Waals surface area (Å²) in [6.07, 6.45) is 3.84. The Kier molecular flexibility index (Phi) is 8.61. The molecule has 2 aromatic carbocycles. The summed E-state index contributed by atoms with van der Waals surface area (Å²) < 4.78 is 11.4. The molecule has 1 aliphatic rings. The standard InChI is InChI=1S/C29H30ClN5O3S/c1-35-14-11-21(12-15-35)38-25-7-6-20(17-23(25)30)33-29-31-13-10-24(34-29)26-8-9-27(39-26)28(36)32-18-19-4-3-5-22(16-19)37-2/h3-10,13,16-17,21H,11-12,14-15,18H2,1-2H3,(H,32,36)(H,31,33,34). The zero-order chi connectivity index (χ0) is 27.2. The number of amides is 1. The molecule has 1 aliphatic heterocycles. The third-order valence-corrected chi connectivity index (χ3v) is 7.87. The van der Waals surface area contributed by atoms with Gasteiger partial charge >= 0.3 is 0 Å². The molecule has 0 spiro atoms. The van der Waals surface area contributed by atoms with Gasteiger partial charge in [-0.3, -0.25) is 4.79 Å². The normalized spacial score (nSPS) is 14.1. The topological polar surface area (TPSA) is 88.6 Å². The van der Waals surface area contributed by atoms with Gasteiger partial charge < -0.3 is 25.0 Å². The SMILES string of the molecule is COc1cccc(CNC(=O)c2ccc(-c3ccnc(Nc4ccc(OC5CCN(C)CC5)c(Cl)c4)n3)s2)c1. The van der Waals surface area contributed by atoms with Gasteiger partial charge in [0.25, 0.3) is 5.91 Å². The minimum atomic E-state index is -0.140. The molecule has 8 nitrogen and oxygen atoms in total. The van der Waals surface area contributed by atoms with Crippen molar-refractivity contribution >= 4 is 40.5 Å². The molecule has 0 saturated carbocycles. The van der Waals surface area contributed by atoms with E-state index >= 15 is 0 Å². The van der Waals surface area contributed by atoms with Crippen LogP contribution in [0.15, 0.2) is 66.9 Å². The van der Waals surface area contributed by atoms with Gasteiger partial charge in [-0.1, -0.05) is 23.7 Å². The highest BCUT2D eigenvalue weighted by Crippen LogP contribution is 2.32. The fraction of sp³-hybridized carbons (Fsp3) is 0.276. The van der Waals surface area contributed by atoms with Crippen LogP contribution in [0.3, 0.4) is 0 Å². The van der Waals surface area contributed by atoms with E-state index in [1.165, 1.54) is 11.3 Å². The number of nitrogens with one attached hydrogen (secondary N) is 2. The molecule has 0 atom stereocenters. The lowest BCUT2D eigenvalue weighted by molar-refractivity contribution is 0.0955. The number of carbonyl (C=O) groups is 1. The maximum absolute atomic E-state index is 12.7. The first-order chi connectivity index (χ1) is 19.0. The van der Waals surface area contributed by atoms with E-state index in [1.54, 1.807) is 19.4 Å². The van der Waals surface area contributed by atoms with E-state index in [4.69, 9.17) is 21.1 Å². The van der Waals surface area contributed by atoms with Crippen molar-refractivity contribution in [2.75, 3.05) is 32.6 Å². The molecule has 39 heavy (non-hydrogen) atoms. The molecular formula is C29H30ClN5O3S. The van der Waals surface area contributed by atoms with Crippen LogP contribution in [0.25, 0.3) is 10.6 Å². The molecule has 10 heteroatoms. The second-order valence-corrected chi connectivity index (χ2v) is 10.8. The lowest BCUT2D eigenvalue weighted by atomic mass is 10.1. The van der Waals surface area contributed by atoms with E-state index in [9.17, 15) is 4.79 Å². The Morgan fingerprint density at radius 1 is 1.13 bits per heavy atom. The number of benzene rings is 2. The quantitative estimate of drug-likeness (QED) is 0.258. The first-order valence-corrected chi connectivity index (χ1v) is 13.9. The largest absolute Gasteiger partial charge is 0.497 e. The van der Waals surface area contributed by atoms with Gasteiger partial charge in [-0.2, -0.15) is 0 Å². The third kappa shape index (κ3) is 7.06. The highest BCUT2D eigenvalue weighted by molar-refractivity contribution is 7.17. The van der Waals surface area contributed by atoms with E-state index < -0.39 is 0 Å². The molecule has 202 valence electrons. The van der Waals surface area contributed by atoms with Crippen molar-refractivity contribution < 1.29 is 14.3 Å². The number of likely N-dealkylation sites (tertiary alicyclic amines) is 1. The summed E-state index contributed by atoms with van der Waals surface area (Å²) in [4.78, 5) is 25.5. The molecule has 0 unspecified atom stereocenters. The molecule has 1 fully saturated rings. The van der Waals surface area contributed by atoms with E-state index in [0.717, 1.165) is 53.5 Å². The van der Waals surface area contributed by atoms with Crippen LogP contribution in [0.2, 0.25) is 5.02 Å². The van der Waals surface area contributed by atoms with Gasteiger partial charge in [0.1, 0.15) is 17.6 Å². The maximum atomic E-state index is 12.7. The van der Waals surface area contributed by atoms with Crippen LogP contribution in [-0.4, -0.2) is 54.1 Å². The lowest BCUT2D eigenvalue weighted by Crippen LogP contribution is -2.35. The Bertz CT molecular complexity index is 1440. The van der Waals surface area contributed by atoms with Crippen molar-refractivity contribution in [3.8, 4) is 22.1 Å². The number of ether oxygens (including phenoxy) is 2. The van der Waals surface area contributed by atoms with Crippen LogP contribution in [-0.2, 0) is 6.54 Å². The fourth-order valence-electron chi connectivity index (χ4n) is 4.29. The number of piperidine rings is 1. The minimum Gasteiger partial charge on any atom is -0.497 e. The summed E-state index contributed by atoms with van der Waals surface area (Å²) in [5.41, 5.74) is 2.45. The van der Waals surface area contributed by atoms with E-state index in [-0.39, 0.29) is 12.0 Å². The Morgan fingerprint density at radius 2 is 1.97 bits per heavy atom. The summed E-state index contributed by atoms with van der Waals surface area (Å²) in [5.74, 6) is 1.73. The molecule has 1 amide bonds. The summed E-state index contributed by atoms with van der Waals surface area (Å²) in [6, 6.07) is 18.7. The zero-order valence-corrected chi connectivity index (χ0v) is 23.4. The van der Waals surface area contributed by atoms with Crippen LogP contribution in [0.5, 0.6) is 11.5 Å². The number of thiophene rings is 1. The van der Waals surface area contributed by atoms with Crippen molar-refractivity contribution in [2.45, 2.75) is 25.5 Å². The van der Waals surface area contributed by atoms with Gasteiger partial charge in [0.15, 0.2) is 0 Å². The number of halogens is 1. The van der Waals surface area contributed by atoms with Gasteiger partial charge in [0.2, 0.25) is 5.95 Å². The van der Waals surface area contributed by atoms with Gasteiger partial charge in [0, 0.05) is 31.5 Å². The number of rotatable bonds is 9. The van der Waals surface area contributed by atoms with E-state index in [0.29, 0.717) is 28.1 Å². The number of anilines is 2. The predicted octanol–water partition coefficient (Wildman–Crippen LogP) is 6.01. The monoisotopic (exact) mass is 563 g/mol. The molecule has 0 aliphatic carbocycles. The Balaban J connectivity index is 1.20. The smallest absolute Gasteiger partial charge is 0.261 e. The second kappa shape index (κ2) is 12.5.